The van der Waals surface area contributed by atoms with Gasteiger partial charge in [0.15, 0.2) is 0 Å². The molecule has 1 atom stereocenters. The second-order valence-electron chi connectivity index (χ2n) is 8.30. The molecule has 4 rings (SSSR count). The predicted octanol–water partition coefficient (Wildman–Crippen LogP) is 5.80. The smallest absolute Gasteiger partial charge is 0.255 e. The van der Waals surface area contributed by atoms with Crippen LogP contribution in [0.15, 0.2) is 24.4 Å². The molecule has 2 heterocycles. The molecule has 1 amide bonds. The van der Waals surface area contributed by atoms with Crippen LogP contribution in [0, 0.1) is 5.82 Å². The van der Waals surface area contributed by atoms with Gasteiger partial charge in [-0.3, -0.25) is 9.69 Å². The van der Waals surface area contributed by atoms with Gasteiger partial charge in [0.25, 0.3) is 5.91 Å². The Bertz CT molecular complexity index is 914. The van der Waals surface area contributed by atoms with Gasteiger partial charge in [-0.2, -0.15) is 0 Å². The summed E-state index contributed by atoms with van der Waals surface area (Å²) in [6, 6.07) is 3.79. The molecule has 1 unspecified atom stereocenters. The highest BCUT2D eigenvalue weighted by molar-refractivity contribution is 7.11. The van der Waals surface area contributed by atoms with Crippen LogP contribution in [0.4, 0.5) is 13.2 Å². The number of carbonyl (C=O) groups excluding carboxylic acids is 1. The van der Waals surface area contributed by atoms with Crippen molar-refractivity contribution in [3.8, 4) is 0 Å². The van der Waals surface area contributed by atoms with E-state index in [4.69, 9.17) is 11.6 Å². The Morgan fingerprint density at radius 2 is 2.10 bits per heavy atom. The molecular formula is C22H25ClF3N3OS. The van der Waals surface area contributed by atoms with Crippen LogP contribution < -0.4 is 5.32 Å². The van der Waals surface area contributed by atoms with Gasteiger partial charge in [-0.25, -0.2) is 18.2 Å². The van der Waals surface area contributed by atoms with Gasteiger partial charge in [0.05, 0.1) is 21.6 Å². The Kier molecular flexibility index (Phi) is 6.89. The zero-order valence-electron chi connectivity index (χ0n) is 17.1. The number of hydrogen-bond donors (Lipinski definition) is 1. The molecule has 2 fully saturated rings. The van der Waals surface area contributed by atoms with E-state index in [1.807, 2.05) is 4.90 Å². The first-order valence-corrected chi connectivity index (χ1v) is 11.8. The predicted molar refractivity (Wildman–Crippen MR) is 116 cm³/mol. The monoisotopic (exact) mass is 471 g/mol. The third-order valence-electron chi connectivity index (χ3n) is 6.16. The van der Waals surface area contributed by atoms with Gasteiger partial charge >= 0.3 is 0 Å². The van der Waals surface area contributed by atoms with Crippen LogP contribution in [0.3, 0.4) is 0 Å². The van der Waals surface area contributed by atoms with Gasteiger partial charge < -0.3 is 5.32 Å². The van der Waals surface area contributed by atoms with Crippen molar-refractivity contribution in [1.29, 1.82) is 0 Å². The van der Waals surface area contributed by atoms with Gasteiger partial charge in [-0.05, 0) is 37.9 Å². The molecule has 31 heavy (non-hydrogen) atoms. The van der Waals surface area contributed by atoms with Gasteiger partial charge in [0.2, 0.25) is 5.92 Å². The Balaban J connectivity index is 1.53. The van der Waals surface area contributed by atoms with Crippen molar-refractivity contribution < 1.29 is 18.0 Å². The lowest BCUT2D eigenvalue weighted by Gasteiger charge is -2.30. The maximum absolute atomic E-state index is 14.1. The van der Waals surface area contributed by atoms with E-state index in [0.717, 1.165) is 22.7 Å². The number of alkyl halides is 2. The van der Waals surface area contributed by atoms with E-state index in [0.29, 0.717) is 18.9 Å². The topological polar surface area (TPSA) is 45.2 Å². The lowest BCUT2D eigenvalue weighted by Crippen LogP contribution is -2.39. The van der Waals surface area contributed by atoms with Gasteiger partial charge in [0.1, 0.15) is 5.82 Å². The van der Waals surface area contributed by atoms with Gasteiger partial charge in [0, 0.05) is 42.9 Å². The molecule has 2 aliphatic rings. The Morgan fingerprint density at radius 1 is 1.29 bits per heavy atom. The van der Waals surface area contributed by atoms with Crippen molar-refractivity contribution in [2.75, 3.05) is 19.6 Å². The summed E-state index contributed by atoms with van der Waals surface area (Å²) < 4.78 is 42.0. The number of carbonyl (C=O) groups is 1. The molecule has 1 N–H and O–H groups in total. The molecule has 1 saturated carbocycles. The van der Waals surface area contributed by atoms with E-state index in [1.165, 1.54) is 24.6 Å². The summed E-state index contributed by atoms with van der Waals surface area (Å²) in [6.45, 7) is 0.902. The normalized spacial score (nSPS) is 20.6. The van der Waals surface area contributed by atoms with Crippen molar-refractivity contribution in [1.82, 2.24) is 15.2 Å². The number of likely N-dealkylation sites (tertiary alicyclic amines) is 1. The highest BCUT2D eigenvalue weighted by Crippen LogP contribution is 2.40. The van der Waals surface area contributed by atoms with E-state index >= 15 is 0 Å². The largest absolute Gasteiger partial charge is 0.350 e. The van der Waals surface area contributed by atoms with E-state index in [9.17, 15) is 18.0 Å². The zero-order valence-corrected chi connectivity index (χ0v) is 18.6. The Labute approximate surface area is 188 Å². The molecule has 4 nitrogen and oxygen atoms in total. The number of halogens is 4. The molecule has 168 valence electrons. The average Bonchev–Trinajstić information content (AvgIpc) is 3.05. The molecule has 1 aliphatic heterocycles. The fourth-order valence-corrected chi connectivity index (χ4v) is 5.57. The molecular weight excluding hydrogens is 447 g/mol. The minimum absolute atomic E-state index is 0.0357. The lowest BCUT2D eigenvalue weighted by molar-refractivity contribution is -0.0140. The Hall–Kier alpha value is -1.64. The summed E-state index contributed by atoms with van der Waals surface area (Å²) in [5.41, 5.74) is -0.204. The van der Waals surface area contributed by atoms with E-state index in [1.54, 1.807) is 17.5 Å². The quantitative estimate of drug-likeness (QED) is 0.579. The number of thiazole rings is 1. The fourth-order valence-electron chi connectivity index (χ4n) is 4.10. The number of benzene rings is 1. The standard InChI is InChI=1S/C22H25ClF3N3OS/c23-15-6-2-7-16(24)19(15)20(30)27-12-17(29-10-3-8-22(25,26)9-11-29)18-13-28-21(31-18)14-4-1-5-14/h2,6-7,13-14,17H,1,3-5,8-12H2,(H,27,30). The summed E-state index contributed by atoms with van der Waals surface area (Å²) in [5, 5.41) is 3.87. The average molecular weight is 472 g/mol. The Morgan fingerprint density at radius 3 is 2.81 bits per heavy atom. The van der Waals surface area contributed by atoms with Crippen molar-refractivity contribution in [2.24, 2.45) is 0 Å². The van der Waals surface area contributed by atoms with Crippen LogP contribution in [-0.2, 0) is 0 Å². The molecule has 1 aromatic carbocycles. The third kappa shape index (κ3) is 5.23. The van der Waals surface area contributed by atoms with Crippen LogP contribution >= 0.6 is 22.9 Å². The number of hydrogen-bond acceptors (Lipinski definition) is 4. The molecule has 0 radical (unpaired) electrons. The van der Waals surface area contributed by atoms with Crippen LogP contribution in [0.2, 0.25) is 5.02 Å². The molecule has 1 aromatic heterocycles. The number of aromatic nitrogens is 1. The van der Waals surface area contributed by atoms with Crippen molar-refractivity contribution >= 4 is 28.8 Å². The summed E-state index contributed by atoms with van der Waals surface area (Å²) >= 11 is 7.60. The minimum Gasteiger partial charge on any atom is -0.350 e. The first kappa shape index (κ1) is 22.6. The lowest BCUT2D eigenvalue weighted by atomic mass is 9.86. The summed E-state index contributed by atoms with van der Waals surface area (Å²) in [7, 11) is 0. The molecule has 1 aliphatic carbocycles. The van der Waals surface area contributed by atoms with Crippen molar-refractivity contribution in [3.63, 3.8) is 0 Å². The molecule has 0 bridgehead atoms. The van der Waals surface area contributed by atoms with E-state index in [-0.39, 0.29) is 42.6 Å². The number of nitrogens with one attached hydrogen (secondary N) is 1. The molecule has 0 spiro atoms. The third-order valence-corrected chi connectivity index (χ3v) is 7.74. The number of amides is 1. The summed E-state index contributed by atoms with van der Waals surface area (Å²) in [6.07, 6.45) is 5.27. The second-order valence-corrected chi connectivity index (χ2v) is 9.80. The van der Waals surface area contributed by atoms with E-state index < -0.39 is 17.6 Å². The number of nitrogens with zero attached hydrogens (tertiary/aromatic N) is 2. The maximum Gasteiger partial charge on any atom is 0.255 e. The van der Waals surface area contributed by atoms with E-state index in [2.05, 4.69) is 10.3 Å². The van der Waals surface area contributed by atoms with Crippen molar-refractivity contribution in [3.05, 3.63) is 50.7 Å². The number of rotatable bonds is 6. The molecule has 9 heteroatoms. The molecule has 2 aromatic rings. The first-order valence-electron chi connectivity index (χ1n) is 10.6. The zero-order chi connectivity index (χ0) is 22.0. The van der Waals surface area contributed by atoms with Gasteiger partial charge in [-0.15, -0.1) is 11.3 Å². The van der Waals surface area contributed by atoms with Crippen molar-refractivity contribution in [2.45, 2.75) is 56.4 Å². The molecule has 1 saturated heterocycles. The maximum atomic E-state index is 14.1. The summed E-state index contributed by atoms with van der Waals surface area (Å²) in [5.74, 6) is -3.51. The SMILES string of the molecule is O=C(NCC(c1cnc(C2CCC2)s1)N1CCCC(F)(F)CC1)c1c(F)cccc1Cl. The highest BCUT2D eigenvalue weighted by Gasteiger charge is 2.35. The minimum atomic E-state index is -2.67. The van der Waals surface area contributed by atoms with Crippen LogP contribution in [0.25, 0.3) is 0 Å². The van der Waals surface area contributed by atoms with Crippen LogP contribution in [0.5, 0.6) is 0 Å². The summed E-state index contributed by atoms with van der Waals surface area (Å²) in [4.78, 5) is 20.2. The van der Waals surface area contributed by atoms with Crippen LogP contribution in [0.1, 0.15) is 70.7 Å². The van der Waals surface area contributed by atoms with Crippen LogP contribution in [-0.4, -0.2) is 41.3 Å². The van der Waals surface area contributed by atoms with Gasteiger partial charge in [-0.1, -0.05) is 24.1 Å². The second kappa shape index (κ2) is 9.46. The highest BCUT2D eigenvalue weighted by atomic mass is 35.5. The fraction of sp³-hybridized carbons (Fsp3) is 0.545. The first-order chi connectivity index (χ1) is 14.8.